The topological polar surface area (TPSA) is 64.1 Å². The lowest BCUT2D eigenvalue weighted by molar-refractivity contribution is -0.112. The van der Waals surface area contributed by atoms with Gasteiger partial charge in [-0.3, -0.25) is 4.79 Å². The highest BCUT2D eigenvalue weighted by Crippen LogP contribution is 2.19. The molecule has 0 bridgehead atoms. The van der Waals surface area contributed by atoms with Gasteiger partial charge in [0.2, 0.25) is 5.88 Å². The van der Waals surface area contributed by atoms with Gasteiger partial charge in [0.15, 0.2) is 5.82 Å². The first kappa shape index (κ1) is 16.4. The Bertz CT molecular complexity index is 625. The van der Waals surface area contributed by atoms with E-state index in [9.17, 15) is 4.79 Å². The van der Waals surface area contributed by atoms with Gasteiger partial charge in [0.25, 0.3) is 5.91 Å². The number of allylic oxidation sites excluding steroid dienone is 2. The first-order valence-corrected chi connectivity index (χ1v) is 6.71. The minimum Gasteiger partial charge on any atom is -0.479 e. The van der Waals surface area contributed by atoms with E-state index in [1.807, 2.05) is 32.9 Å². The molecule has 1 heterocycles. The number of carbonyl (C=O) groups is 1. The second-order valence-corrected chi connectivity index (χ2v) is 4.11. The second kappa shape index (κ2) is 7.85. The van der Waals surface area contributed by atoms with Crippen molar-refractivity contribution in [3.8, 4) is 18.2 Å². The Hall–Kier alpha value is -2.61. The Morgan fingerprint density at radius 3 is 2.67 bits per heavy atom. The van der Waals surface area contributed by atoms with E-state index in [1.54, 1.807) is 6.07 Å². The molecule has 0 saturated carbocycles. The van der Waals surface area contributed by atoms with Crippen LogP contribution in [0.3, 0.4) is 0 Å². The van der Waals surface area contributed by atoms with Gasteiger partial charge in [0.05, 0.1) is 12.7 Å². The van der Waals surface area contributed by atoms with Crippen molar-refractivity contribution in [1.82, 2.24) is 10.2 Å². The molecule has 0 aromatic carbocycles. The normalized spacial score (nSPS) is 12.3. The molecule has 1 aliphatic carbocycles. The maximum Gasteiger partial charge on any atom is 0.256 e. The number of anilines is 1. The molecule has 5 heteroatoms. The number of nitrogens with zero attached hydrogens (tertiary/aromatic N) is 2. The maximum absolute atomic E-state index is 11.9. The fraction of sp³-hybridized carbons (Fsp3) is 0.312. The third-order valence-corrected chi connectivity index (χ3v) is 2.66. The standard InChI is InChI=1S/C14H13N3O2.C2H6/c1-4-10-8-12(16-17-14(10)19-3)15-13(18)11-6-5-9(2)7-11;1-2/h1,6-8H,5H2,2-3H3,(H,15,16,18);1-2H3. The Balaban J connectivity index is 0.00000106. The fourth-order valence-corrected chi connectivity index (χ4v) is 1.70. The number of methoxy groups -OCH3 is 1. The van der Waals surface area contributed by atoms with Gasteiger partial charge in [-0.05, 0) is 13.3 Å². The number of terminal acetylenes is 1. The quantitative estimate of drug-likeness (QED) is 0.867. The summed E-state index contributed by atoms with van der Waals surface area (Å²) >= 11 is 0. The maximum atomic E-state index is 11.9. The van der Waals surface area contributed by atoms with Crippen molar-refractivity contribution in [2.24, 2.45) is 0 Å². The van der Waals surface area contributed by atoms with E-state index in [2.05, 4.69) is 21.4 Å². The van der Waals surface area contributed by atoms with Crippen LogP contribution in [0, 0.1) is 12.3 Å². The van der Waals surface area contributed by atoms with Crippen molar-refractivity contribution in [1.29, 1.82) is 0 Å². The third-order valence-electron chi connectivity index (χ3n) is 2.66. The van der Waals surface area contributed by atoms with Crippen molar-refractivity contribution in [3.05, 3.63) is 34.9 Å². The molecule has 21 heavy (non-hydrogen) atoms. The highest BCUT2D eigenvalue weighted by molar-refractivity contribution is 6.05. The molecule has 1 aromatic heterocycles. The number of carbonyl (C=O) groups excluding carboxylic acids is 1. The molecule has 1 N–H and O–H groups in total. The Labute approximate surface area is 125 Å². The predicted molar refractivity (Wildman–Crippen MR) is 83.0 cm³/mol. The molecule has 1 aliphatic rings. The van der Waals surface area contributed by atoms with Crippen LogP contribution in [0.2, 0.25) is 0 Å². The van der Waals surface area contributed by atoms with E-state index in [-0.39, 0.29) is 11.8 Å². The number of ether oxygens (including phenoxy) is 1. The highest BCUT2D eigenvalue weighted by Gasteiger charge is 2.13. The SMILES string of the molecule is C#Cc1cc(NC(=O)C2=CCC(C)=C2)nnc1OC.CC. The zero-order valence-corrected chi connectivity index (χ0v) is 12.7. The molecule has 0 fully saturated rings. The molecule has 110 valence electrons. The number of rotatable bonds is 3. The molecule has 2 rings (SSSR count). The minimum atomic E-state index is -0.223. The summed E-state index contributed by atoms with van der Waals surface area (Å²) in [6, 6.07) is 1.55. The molecule has 5 nitrogen and oxygen atoms in total. The molecule has 0 saturated heterocycles. The monoisotopic (exact) mass is 285 g/mol. The number of hydrogen-bond acceptors (Lipinski definition) is 4. The van der Waals surface area contributed by atoms with Crippen LogP contribution in [0.15, 0.2) is 29.4 Å². The summed E-state index contributed by atoms with van der Waals surface area (Å²) in [5.74, 6) is 2.77. The minimum absolute atomic E-state index is 0.223. The molecule has 0 unspecified atom stereocenters. The molecule has 0 radical (unpaired) electrons. The zero-order chi connectivity index (χ0) is 15.8. The van der Waals surface area contributed by atoms with Crippen molar-refractivity contribution >= 4 is 11.7 Å². The lowest BCUT2D eigenvalue weighted by atomic mass is 10.2. The van der Waals surface area contributed by atoms with E-state index in [4.69, 9.17) is 11.2 Å². The van der Waals surface area contributed by atoms with Crippen LogP contribution in [0.25, 0.3) is 0 Å². The first-order valence-electron chi connectivity index (χ1n) is 6.71. The van der Waals surface area contributed by atoms with E-state index in [1.165, 1.54) is 7.11 Å². The van der Waals surface area contributed by atoms with Gasteiger partial charge >= 0.3 is 0 Å². The summed E-state index contributed by atoms with van der Waals surface area (Å²) in [4.78, 5) is 11.9. The van der Waals surface area contributed by atoms with Gasteiger partial charge in [0.1, 0.15) is 0 Å². The fourth-order valence-electron chi connectivity index (χ4n) is 1.70. The van der Waals surface area contributed by atoms with Crippen molar-refractivity contribution in [2.45, 2.75) is 27.2 Å². The van der Waals surface area contributed by atoms with Crippen LogP contribution in [-0.4, -0.2) is 23.2 Å². The van der Waals surface area contributed by atoms with E-state index < -0.39 is 0 Å². The lowest BCUT2D eigenvalue weighted by Crippen LogP contribution is -2.14. The van der Waals surface area contributed by atoms with Crippen LogP contribution in [0.5, 0.6) is 5.88 Å². The molecular formula is C16H19N3O2. The van der Waals surface area contributed by atoms with Crippen LogP contribution in [0.4, 0.5) is 5.82 Å². The molecule has 0 spiro atoms. The largest absolute Gasteiger partial charge is 0.479 e. The van der Waals surface area contributed by atoms with Gasteiger partial charge in [-0.15, -0.1) is 16.6 Å². The van der Waals surface area contributed by atoms with Gasteiger partial charge < -0.3 is 10.1 Å². The number of aromatic nitrogens is 2. The van der Waals surface area contributed by atoms with E-state index in [0.717, 1.165) is 12.0 Å². The van der Waals surface area contributed by atoms with Crippen molar-refractivity contribution in [3.63, 3.8) is 0 Å². The summed E-state index contributed by atoms with van der Waals surface area (Å²) in [7, 11) is 1.46. The van der Waals surface area contributed by atoms with Gasteiger partial charge in [0, 0.05) is 11.6 Å². The predicted octanol–water partition coefficient (Wildman–Crippen LogP) is 2.71. The Morgan fingerprint density at radius 1 is 1.43 bits per heavy atom. The Morgan fingerprint density at radius 2 is 2.14 bits per heavy atom. The number of nitrogens with one attached hydrogen (secondary N) is 1. The van der Waals surface area contributed by atoms with Crippen molar-refractivity contribution < 1.29 is 9.53 Å². The lowest BCUT2D eigenvalue weighted by Gasteiger charge is -2.06. The molecule has 1 amide bonds. The van der Waals surface area contributed by atoms with E-state index in [0.29, 0.717) is 17.0 Å². The number of amides is 1. The van der Waals surface area contributed by atoms with E-state index >= 15 is 0 Å². The van der Waals surface area contributed by atoms with Gasteiger partial charge in [-0.1, -0.05) is 37.5 Å². The van der Waals surface area contributed by atoms with Gasteiger partial charge in [-0.25, -0.2) is 0 Å². The third kappa shape index (κ3) is 4.18. The first-order chi connectivity index (χ1) is 10.1. The summed E-state index contributed by atoms with van der Waals surface area (Å²) in [5.41, 5.74) is 2.22. The van der Waals surface area contributed by atoms with Crippen LogP contribution in [-0.2, 0) is 4.79 Å². The summed E-state index contributed by atoms with van der Waals surface area (Å²) in [6.07, 6.45) is 9.84. The Kier molecular flexibility index (Phi) is 6.15. The van der Waals surface area contributed by atoms with Crippen LogP contribution in [0.1, 0.15) is 32.8 Å². The molecule has 0 atom stereocenters. The summed E-state index contributed by atoms with van der Waals surface area (Å²) in [6.45, 7) is 5.97. The summed E-state index contributed by atoms with van der Waals surface area (Å²) in [5, 5.41) is 10.3. The number of hydrogen-bond donors (Lipinski definition) is 1. The second-order valence-electron chi connectivity index (χ2n) is 4.11. The van der Waals surface area contributed by atoms with Crippen molar-refractivity contribution in [2.75, 3.05) is 12.4 Å². The average Bonchev–Trinajstić information content (AvgIpc) is 2.96. The van der Waals surface area contributed by atoms with Crippen LogP contribution < -0.4 is 10.1 Å². The highest BCUT2D eigenvalue weighted by atomic mass is 16.5. The molecule has 1 aromatic rings. The average molecular weight is 285 g/mol. The molecule has 0 aliphatic heterocycles. The zero-order valence-electron chi connectivity index (χ0n) is 12.7. The molecular weight excluding hydrogens is 266 g/mol. The van der Waals surface area contributed by atoms with Gasteiger partial charge in [-0.2, -0.15) is 0 Å². The van der Waals surface area contributed by atoms with Crippen LogP contribution >= 0.6 is 0 Å². The smallest absolute Gasteiger partial charge is 0.256 e. The summed E-state index contributed by atoms with van der Waals surface area (Å²) < 4.78 is 4.96.